The molecule has 0 saturated carbocycles. The predicted molar refractivity (Wildman–Crippen MR) is 87.6 cm³/mol. The SMILES string of the molecule is COC(=O)CCCc1csc(NC(=O)[C@@H]2CCc3n[nH]nc3C2)n1. The Kier molecular flexibility index (Phi) is 5.19. The van der Waals surface area contributed by atoms with Crippen LogP contribution in [0.2, 0.25) is 0 Å². The van der Waals surface area contributed by atoms with Gasteiger partial charge in [0.25, 0.3) is 0 Å². The van der Waals surface area contributed by atoms with Crippen LogP contribution >= 0.6 is 11.3 Å². The molecule has 0 unspecified atom stereocenters. The lowest BCUT2D eigenvalue weighted by atomic mass is 9.89. The highest BCUT2D eigenvalue weighted by atomic mass is 32.1. The topological polar surface area (TPSA) is 110 Å². The molecule has 3 rings (SSSR count). The average molecular weight is 349 g/mol. The minimum Gasteiger partial charge on any atom is -0.469 e. The highest BCUT2D eigenvalue weighted by molar-refractivity contribution is 7.13. The predicted octanol–water partition coefficient (Wildman–Crippen LogP) is 1.50. The largest absolute Gasteiger partial charge is 0.469 e. The lowest BCUT2D eigenvalue weighted by Gasteiger charge is -2.18. The first-order valence-electron chi connectivity index (χ1n) is 7.86. The van der Waals surface area contributed by atoms with E-state index in [0.717, 1.165) is 29.9 Å². The summed E-state index contributed by atoms with van der Waals surface area (Å²) in [6.07, 6.45) is 3.88. The van der Waals surface area contributed by atoms with Gasteiger partial charge in [-0.15, -0.1) is 11.3 Å². The van der Waals surface area contributed by atoms with Crippen molar-refractivity contribution >= 4 is 28.3 Å². The molecule has 2 aromatic heterocycles. The number of rotatable bonds is 6. The number of aromatic nitrogens is 4. The zero-order valence-electron chi connectivity index (χ0n) is 13.4. The highest BCUT2D eigenvalue weighted by Gasteiger charge is 2.27. The molecule has 2 heterocycles. The molecule has 24 heavy (non-hydrogen) atoms. The summed E-state index contributed by atoms with van der Waals surface area (Å²) in [5.74, 6) is -0.350. The summed E-state index contributed by atoms with van der Waals surface area (Å²) in [6.45, 7) is 0. The van der Waals surface area contributed by atoms with Crippen molar-refractivity contribution in [2.75, 3.05) is 12.4 Å². The molecule has 128 valence electrons. The van der Waals surface area contributed by atoms with Crippen molar-refractivity contribution in [3.05, 3.63) is 22.5 Å². The molecule has 2 N–H and O–H groups in total. The molecule has 1 atom stereocenters. The van der Waals surface area contributed by atoms with E-state index in [4.69, 9.17) is 0 Å². The first kappa shape index (κ1) is 16.6. The van der Waals surface area contributed by atoms with E-state index in [9.17, 15) is 9.59 Å². The van der Waals surface area contributed by atoms with E-state index in [2.05, 4.69) is 30.4 Å². The van der Waals surface area contributed by atoms with Crippen LogP contribution in [-0.4, -0.2) is 39.4 Å². The summed E-state index contributed by atoms with van der Waals surface area (Å²) < 4.78 is 4.61. The van der Waals surface area contributed by atoms with Gasteiger partial charge in [0.2, 0.25) is 5.91 Å². The van der Waals surface area contributed by atoms with Gasteiger partial charge in [-0.25, -0.2) is 4.98 Å². The van der Waals surface area contributed by atoms with Crippen LogP contribution < -0.4 is 5.32 Å². The van der Waals surface area contributed by atoms with Crippen molar-refractivity contribution in [2.45, 2.75) is 38.5 Å². The Morgan fingerprint density at radius 3 is 3.08 bits per heavy atom. The summed E-state index contributed by atoms with van der Waals surface area (Å²) in [6, 6.07) is 0. The maximum atomic E-state index is 12.4. The van der Waals surface area contributed by atoms with E-state index in [0.29, 0.717) is 30.8 Å². The lowest BCUT2D eigenvalue weighted by Crippen LogP contribution is -2.28. The zero-order valence-corrected chi connectivity index (χ0v) is 14.2. The lowest BCUT2D eigenvalue weighted by molar-refractivity contribution is -0.140. The van der Waals surface area contributed by atoms with Gasteiger partial charge in [0.1, 0.15) is 0 Å². The number of aryl methyl sites for hydroxylation is 2. The van der Waals surface area contributed by atoms with Crippen LogP contribution in [0.5, 0.6) is 0 Å². The van der Waals surface area contributed by atoms with Crippen molar-refractivity contribution in [1.82, 2.24) is 20.4 Å². The number of hydrogen-bond acceptors (Lipinski definition) is 7. The summed E-state index contributed by atoms with van der Waals surface area (Å²) >= 11 is 1.40. The minimum atomic E-state index is -0.219. The van der Waals surface area contributed by atoms with E-state index in [-0.39, 0.29) is 17.8 Å². The van der Waals surface area contributed by atoms with E-state index in [1.165, 1.54) is 18.4 Å². The van der Waals surface area contributed by atoms with Crippen LogP contribution in [-0.2, 0) is 33.6 Å². The van der Waals surface area contributed by atoms with Gasteiger partial charge >= 0.3 is 5.97 Å². The number of nitrogens with zero attached hydrogens (tertiary/aromatic N) is 3. The van der Waals surface area contributed by atoms with Crippen molar-refractivity contribution in [3.8, 4) is 0 Å². The second-order valence-corrected chi connectivity index (χ2v) is 6.58. The van der Waals surface area contributed by atoms with Crippen molar-refractivity contribution < 1.29 is 14.3 Å². The van der Waals surface area contributed by atoms with E-state index < -0.39 is 0 Å². The second kappa shape index (κ2) is 7.52. The number of thiazole rings is 1. The molecule has 9 heteroatoms. The molecule has 0 spiro atoms. The Bertz CT molecular complexity index is 726. The zero-order chi connectivity index (χ0) is 16.9. The van der Waals surface area contributed by atoms with Crippen LogP contribution in [0.25, 0.3) is 0 Å². The number of amides is 1. The Morgan fingerprint density at radius 2 is 2.25 bits per heavy atom. The van der Waals surface area contributed by atoms with Crippen LogP contribution in [0, 0.1) is 5.92 Å². The number of nitrogens with one attached hydrogen (secondary N) is 2. The van der Waals surface area contributed by atoms with Gasteiger partial charge in [0.15, 0.2) is 5.13 Å². The molecule has 0 saturated heterocycles. The van der Waals surface area contributed by atoms with Crippen molar-refractivity contribution in [1.29, 1.82) is 0 Å². The van der Waals surface area contributed by atoms with Crippen LogP contribution in [0.1, 0.15) is 36.3 Å². The van der Waals surface area contributed by atoms with Crippen molar-refractivity contribution in [2.24, 2.45) is 5.92 Å². The first-order chi connectivity index (χ1) is 11.7. The van der Waals surface area contributed by atoms with Crippen LogP contribution in [0.4, 0.5) is 5.13 Å². The van der Waals surface area contributed by atoms with Gasteiger partial charge in [-0.1, -0.05) is 0 Å². The average Bonchev–Trinajstić information content (AvgIpc) is 3.23. The number of hydrogen-bond donors (Lipinski definition) is 2. The molecule has 1 aliphatic rings. The monoisotopic (exact) mass is 349 g/mol. The van der Waals surface area contributed by atoms with E-state index >= 15 is 0 Å². The Balaban J connectivity index is 1.49. The second-order valence-electron chi connectivity index (χ2n) is 5.72. The molecular formula is C15H19N5O3S. The number of esters is 1. The third kappa shape index (κ3) is 3.97. The van der Waals surface area contributed by atoms with E-state index in [1.807, 2.05) is 5.38 Å². The van der Waals surface area contributed by atoms with E-state index in [1.54, 1.807) is 0 Å². The van der Waals surface area contributed by atoms with Gasteiger partial charge in [0.05, 0.1) is 24.2 Å². The highest BCUT2D eigenvalue weighted by Crippen LogP contribution is 2.24. The number of fused-ring (bicyclic) bond motifs is 1. The molecule has 2 aromatic rings. The van der Waals surface area contributed by atoms with Gasteiger partial charge in [0, 0.05) is 24.1 Å². The Labute approximate surface area is 143 Å². The summed E-state index contributed by atoms with van der Waals surface area (Å²) in [5.41, 5.74) is 2.71. The normalized spacial score (nSPS) is 16.5. The maximum absolute atomic E-state index is 12.4. The van der Waals surface area contributed by atoms with Gasteiger partial charge in [-0.2, -0.15) is 15.4 Å². The quantitative estimate of drug-likeness (QED) is 0.765. The van der Waals surface area contributed by atoms with Gasteiger partial charge in [-0.3, -0.25) is 9.59 Å². The molecular weight excluding hydrogens is 330 g/mol. The fourth-order valence-electron chi connectivity index (χ4n) is 2.71. The standard InChI is InChI=1S/C15H19N5O3S/c1-23-13(21)4-2-3-10-8-24-15(16-10)17-14(22)9-5-6-11-12(7-9)19-20-18-11/h8-9H,2-7H2,1H3,(H,16,17,22)(H,18,19,20)/t9-/m1/s1. The van der Waals surface area contributed by atoms with Crippen LogP contribution in [0.15, 0.2) is 5.38 Å². The Hall–Kier alpha value is -2.29. The molecule has 8 nitrogen and oxygen atoms in total. The minimum absolute atomic E-state index is 0.0286. The number of carbonyl (C=O) groups is 2. The van der Waals surface area contributed by atoms with Gasteiger partial charge in [-0.05, 0) is 25.7 Å². The molecule has 0 radical (unpaired) electrons. The van der Waals surface area contributed by atoms with Crippen LogP contribution in [0.3, 0.4) is 0 Å². The fourth-order valence-corrected chi connectivity index (χ4v) is 3.46. The summed E-state index contributed by atoms with van der Waals surface area (Å²) in [7, 11) is 1.38. The number of H-pyrrole nitrogens is 1. The molecule has 0 aliphatic heterocycles. The third-order valence-electron chi connectivity index (χ3n) is 4.07. The molecule has 0 bridgehead atoms. The smallest absolute Gasteiger partial charge is 0.305 e. The number of aromatic amines is 1. The number of methoxy groups -OCH3 is 1. The summed E-state index contributed by atoms with van der Waals surface area (Å²) in [4.78, 5) is 27.9. The fraction of sp³-hybridized carbons (Fsp3) is 0.533. The number of anilines is 1. The summed E-state index contributed by atoms with van der Waals surface area (Å²) in [5, 5.41) is 16.2. The molecule has 0 aromatic carbocycles. The van der Waals surface area contributed by atoms with Gasteiger partial charge < -0.3 is 10.1 Å². The molecule has 1 aliphatic carbocycles. The third-order valence-corrected chi connectivity index (χ3v) is 4.87. The van der Waals surface area contributed by atoms with Crippen molar-refractivity contribution in [3.63, 3.8) is 0 Å². The first-order valence-corrected chi connectivity index (χ1v) is 8.74. The number of carbonyl (C=O) groups excluding carboxylic acids is 2. The molecule has 0 fully saturated rings. The number of ether oxygens (including phenoxy) is 1. The Morgan fingerprint density at radius 1 is 1.42 bits per heavy atom. The maximum Gasteiger partial charge on any atom is 0.305 e. The molecule has 1 amide bonds.